The lowest BCUT2D eigenvalue weighted by atomic mass is 9.98. The van der Waals surface area contributed by atoms with Gasteiger partial charge in [0.1, 0.15) is 5.75 Å². The predicted molar refractivity (Wildman–Crippen MR) is 150 cm³/mol. The summed E-state index contributed by atoms with van der Waals surface area (Å²) in [5.41, 5.74) is 2.57. The molecule has 3 aromatic rings. The number of esters is 1. The van der Waals surface area contributed by atoms with Gasteiger partial charge in [0.2, 0.25) is 10.0 Å². The van der Waals surface area contributed by atoms with Crippen LogP contribution in [0.2, 0.25) is 5.02 Å². The van der Waals surface area contributed by atoms with E-state index in [-0.39, 0.29) is 23.9 Å². The summed E-state index contributed by atoms with van der Waals surface area (Å²) in [5, 5.41) is 6.23. The third-order valence-electron chi connectivity index (χ3n) is 6.71. The van der Waals surface area contributed by atoms with Crippen LogP contribution in [0.1, 0.15) is 25.3 Å². The van der Waals surface area contributed by atoms with Crippen molar-refractivity contribution in [2.45, 2.75) is 24.7 Å². The van der Waals surface area contributed by atoms with E-state index in [1.54, 1.807) is 49.4 Å². The van der Waals surface area contributed by atoms with Crippen LogP contribution in [-0.2, 0) is 19.6 Å². The summed E-state index contributed by atoms with van der Waals surface area (Å²) in [6.07, 6.45) is 2.50. The van der Waals surface area contributed by atoms with Crippen molar-refractivity contribution < 1.29 is 22.7 Å². The molecule has 0 saturated carbocycles. The fourth-order valence-corrected chi connectivity index (χ4v) is 6.11. The number of amides is 1. The number of hydrazone groups is 1. The van der Waals surface area contributed by atoms with E-state index in [9.17, 15) is 18.0 Å². The van der Waals surface area contributed by atoms with E-state index >= 15 is 0 Å². The van der Waals surface area contributed by atoms with Crippen molar-refractivity contribution in [1.82, 2.24) is 4.31 Å². The Labute approximate surface area is 232 Å². The van der Waals surface area contributed by atoms with E-state index < -0.39 is 21.9 Å². The normalized spacial score (nSPS) is 17.9. The lowest BCUT2D eigenvalue weighted by molar-refractivity contribution is -0.140. The predicted octanol–water partition coefficient (Wildman–Crippen LogP) is 5.15. The molecule has 1 fully saturated rings. The number of anilines is 1. The largest absolute Gasteiger partial charge is 0.426 e. The van der Waals surface area contributed by atoms with Gasteiger partial charge in [0.05, 0.1) is 27.8 Å². The highest BCUT2D eigenvalue weighted by Gasteiger charge is 2.33. The molecule has 8 nitrogen and oxygen atoms in total. The van der Waals surface area contributed by atoms with Crippen molar-refractivity contribution in [2.75, 3.05) is 18.1 Å². The summed E-state index contributed by atoms with van der Waals surface area (Å²) < 4.78 is 32.7. The highest BCUT2D eigenvalue weighted by atomic mass is 35.5. The van der Waals surface area contributed by atoms with Crippen LogP contribution in [0.15, 0.2) is 94.4 Å². The van der Waals surface area contributed by atoms with Crippen molar-refractivity contribution >= 4 is 51.0 Å². The molecular formula is C29H26ClN3O5S. The van der Waals surface area contributed by atoms with Gasteiger partial charge < -0.3 is 4.74 Å². The number of ether oxygens (including phenoxy) is 1. The van der Waals surface area contributed by atoms with Crippen molar-refractivity contribution in [3.8, 4) is 5.75 Å². The van der Waals surface area contributed by atoms with Gasteiger partial charge in [0.25, 0.3) is 5.91 Å². The molecule has 0 aromatic heterocycles. The summed E-state index contributed by atoms with van der Waals surface area (Å²) in [5.74, 6) is -0.620. The summed E-state index contributed by atoms with van der Waals surface area (Å²) in [4.78, 5) is 25.9. The summed E-state index contributed by atoms with van der Waals surface area (Å²) in [6, 6.07) is 22.1. The van der Waals surface area contributed by atoms with Gasteiger partial charge in [0, 0.05) is 18.1 Å². The molecule has 39 heavy (non-hydrogen) atoms. The molecule has 0 aliphatic carbocycles. The second kappa shape index (κ2) is 11.1. The molecule has 1 amide bonds. The zero-order valence-corrected chi connectivity index (χ0v) is 22.7. The number of rotatable bonds is 6. The second-order valence-electron chi connectivity index (χ2n) is 9.32. The number of sulfonamides is 1. The maximum Gasteiger partial charge on any atom is 0.314 e. The number of nitrogens with zero attached hydrogens (tertiary/aromatic N) is 3. The van der Waals surface area contributed by atoms with Crippen LogP contribution in [0.25, 0.3) is 6.08 Å². The van der Waals surface area contributed by atoms with Crippen LogP contribution < -0.4 is 9.75 Å². The van der Waals surface area contributed by atoms with Crippen molar-refractivity contribution in [1.29, 1.82) is 0 Å². The Hall–Kier alpha value is -3.79. The molecule has 2 aliphatic heterocycles. The minimum atomic E-state index is -3.65. The maximum atomic E-state index is 12.9. The Morgan fingerprint density at radius 2 is 1.62 bits per heavy atom. The zero-order valence-electron chi connectivity index (χ0n) is 21.2. The molecule has 3 aromatic carbocycles. The molecule has 10 heteroatoms. The third kappa shape index (κ3) is 5.80. The zero-order chi connectivity index (χ0) is 27.6. The van der Waals surface area contributed by atoms with Gasteiger partial charge in [-0.05, 0) is 79.9 Å². The van der Waals surface area contributed by atoms with Crippen LogP contribution in [0.5, 0.6) is 5.75 Å². The third-order valence-corrected chi connectivity index (χ3v) is 8.88. The minimum Gasteiger partial charge on any atom is -0.426 e. The number of hydrogen-bond donors (Lipinski definition) is 0. The van der Waals surface area contributed by atoms with E-state index in [4.69, 9.17) is 16.3 Å². The van der Waals surface area contributed by atoms with Crippen molar-refractivity contribution in [3.63, 3.8) is 0 Å². The number of hydrogen-bond acceptors (Lipinski definition) is 6. The molecule has 0 unspecified atom stereocenters. The lowest BCUT2D eigenvalue weighted by Gasteiger charge is -2.30. The van der Waals surface area contributed by atoms with Crippen molar-refractivity contribution in [2.24, 2.45) is 11.0 Å². The van der Waals surface area contributed by atoms with E-state index in [0.29, 0.717) is 40.6 Å². The Morgan fingerprint density at radius 1 is 0.974 bits per heavy atom. The first kappa shape index (κ1) is 26.8. The average molecular weight is 564 g/mol. The van der Waals surface area contributed by atoms with Gasteiger partial charge in [-0.3, -0.25) is 9.59 Å². The van der Waals surface area contributed by atoms with Crippen LogP contribution in [0, 0.1) is 5.92 Å². The minimum absolute atomic E-state index is 0.177. The molecule has 0 radical (unpaired) electrons. The summed E-state index contributed by atoms with van der Waals surface area (Å²) >= 11 is 5.87. The highest BCUT2D eigenvalue weighted by Crippen LogP contribution is 2.28. The van der Waals surface area contributed by atoms with Crippen LogP contribution in [0.4, 0.5) is 5.69 Å². The van der Waals surface area contributed by atoms with Crippen LogP contribution >= 0.6 is 11.6 Å². The molecule has 0 N–H and O–H groups in total. The van der Waals surface area contributed by atoms with Crippen LogP contribution in [-0.4, -0.2) is 43.4 Å². The Bertz CT molecular complexity index is 1540. The smallest absolute Gasteiger partial charge is 0.314 e. The van der Waals surface area contributed by atoms with Gasteiger partial charge in [-0.2, -0.15) is 14.4 Å². The maximum absolute atomic E-state index is 12.9. The van der Waals surface area contributed by atoms with Crippen LogP contribution in [0.3, 0.4) is 0 Å². The van der Waals surface area contributed by atoms with Crippen molar-refractivity contribution in [3.05, 3.63) is 95.0 Å². The first-order chi connectivity index (χ1) is 18.7. The Morgan fingerprint density at radius 3 is 2.26 bits per heavy atom. The lowest BCUT2D eigenvalue weighted by Crippen LogP contribution is -2.41. The molecule has 5 rings (SSSR count). The number of halogens is 1. The highest BCUT2D eigenvalue weighted by molar-refractivity contribution is 7.89. The molecule has 200 valence electrons. The van der Waals surface area contributed by atoms with E-state index in [1.165, 1.54) is 21.4 Å². The molecule has 2 aliphatic rings. The Kier molecular flexibility index (Phi) is 7.65. The van der Waals surface area contributed by atoms with Gasteiger partial charge in [-0.15, -0.1) is 0 Å². The second-order valence-corrected chi connectivity index (χ2v) is 11.7. The molecular weight excluding hydrogens is 538 g/mol. The van der Waals surface area contributed by atoms with E-state index in [0.717, 1.165) is 5.56 Å². The van der Waals surface area contributed by atoms with Gasteiger partial charge in [-0.25, -0.2) is 8.42 Å². The molecule has 1 saturated heterocycles. The monoisotopic (exact) mass is 563 g/mol. The first-order valence-electron chi connectivity index (χ1n) is 12.5. The molecule has 2 heterocycles. The van der Waals surface area contributed by atoms with E-state index in [2.05, 4.69) is 5.10 Å². The van der Waals surface area contributed by atoms with Gasteiger partial charge in [-0.1, -0.05) is 41.9 Å². The quantitative estimate of drug-likeness (QED) is 0.235. The molecule has 0 spiro atoms. The SMILES string of the molecule is CC1=NN(c2ccccc2)C(=O)C1=Cc1ccc(OC(=O)C2CCN(S(=O)(=O)c3ccc(Cl)cc3)CC2)cc1. The first-order valence-corrected chi connectivity index (χ1v) is 14.3. The average Bonchev–Trinajstić information content (AvgIpc) is 3.23. The summed E-state index contributed by atoms with van der Waals surface area (Å²) in [6.45, 7) is 2.24. The molecule has 0 atom stereocenters. The summed E-state index contributed by atoms with van der Waals surface area (Å²) in [7, 11) is -3.65. The number of carbonyl (C=O) groups is 2. The number of carbonyl (C=O) groups excluding carboxylic acids is 2. The van der Waals surface area contributed by atoms with Gasteiger partial charge in [0.15, 0.2) is 0 Å². The van der Waals surface area contributed by atoms with E-state index in [1.807, 2.05) is 30.3 Å². The number of benzene rings is 3. The topological polar surface area (TPSA) is 96.3 Å². The standard InChI is InChI=1S/C29H26ClN3O5S/c1-20-27(28(34)33(31-20)24-5-3-2-4-6-24)19-21-7-11-25(12-8-21)38-29(35)22-15-17-32(18-16-22)39(36,37)26-13-9-23(30)10-14-26/h2-14,19,22H,15-18H2,1H3. The number of para-hydroxylation sites is 1. The number of piperidine rings is 1. The Balaban J connectivity index is 1.18. The fraction of sp³-hybridized carbons (Fsp3) is 0.207. The van der Waals surface area contributed by atoms with Gasteiger partial charge >= 0.3 is 5.97 Å². The molecule has 0 bridgehead atoms. The fourth-order valence-electron chi connectivity index (χ4n) is 4.51.